The molecule has 4 rings (SSSR count). The summed E-state index contributed by atoms with van der Waals surface area (Å²) in [6, 6.07) is 1.80. The summed E-state index contributed by atoms with van der Waals surface area (Å²) in [5.74, 6) is -1.12. The minimum atomic E-state index is -1.89. The number of rotatable bonds is 6. The van der Waals surface area contributed by atoms with Gasteiger partial charge in [0.1, 0.15) is 12.3 Å². The Balaban J connectivity index is 1.45. The molecule has 2 aliphatic heterocycles. The van der Waals surface area contributed by atoms with E-state index < -0.39 is 32.1 Å². The molecule has 2 saturated heterocycles. The molecule has 2 unspecified atom stereocenters. The van der Waals surface area contributed by atoms with Gasteiger partial charge in [-0.1, -0.05) is 20.8 Å². The van der Waals surface area contributed by atoms with Gasteiger partial charge in [-0.3, -0.25) is 9.69 Å². The van der Waals surface area contributed by atoms with E-state index in [2.05, 4.69) is 39.2 Å². The van der Waals surface area contributed by atoms with E-state index in [1.807, 2.05) is 0 Å². The molecule has 7 nitrogen and oxygen atoms in total. The highest BCUT2D eigenvalue weighted by Gasteiger charge is 2.59. The zero-order valence-corrected chi connectivity index (χ0v) is 21.1. The summed E-state index contributed by atoms with van der Waals surface area (Å²) in [5.41, 5.74) is 0.0121. The van der Waals surface area contributed by atoms with Crippen LogP contribution in [0.4, 0.5) is 25.0 Å². The topological polar surface area (TPSA) is 71.1 Å². The molecule has 1 N–H and O–H groups in total. The summed E-state index contributed by atoms with van der Waals surface area (Å²) >= 11 is 0. The van der Waals surface area contributed by atoms with Crippen molar-refractivity contribution in [3.8, 4) is 0 Å². The van der Waals surface area contributed by atoms with Gasteiger partial charge in [-0.25, -0.2) is 13.6 Å². The van der Waals surface area contributed by atoms with E-state index in [0.717, 1.165) is 0 Å². The highest BCUT2D eigenvalue weighted by Crippen LogP contribution is 2.53. The van der Waals surface area contributed by atoms with Gasteiger partial charge in [0, 0.05) is 50.5 Å². The molecule has 1 aliphatic carbocycles. The van der Waals surface area contributed by atoms with Crippen LogP contribution < -0.4 is 15.1 Å². The average molecular weight is 482 g/mol. The van der Waals surface area contributed by atoms with Crippen molar-refractivity contribution in [3.05, 3.63) is 23.8 Å². The Morgan fingerprint density at radius 2 is 1.79 bits per heavy atom. The number of carbonyl (C=O) groups is 2. The zero-order valence-electron chi connectivity index (χ0n) is 20.1. The normalized spacial score (nSPS) is 27.0. The van der Waals surface area contributed by atoms with Gasteiger partial charge in [0.05, 0.1) is 17.8 Å². The van der Waals surface area contributed by atoms with Gasteiger partial charge >= 0.3 is 6.09 Å². The lowest BCUT2D eigenvalue weighted by Gasteiger charge is -2.37. The maximum atomic E-state index is 15.1. The number of anilines is 2. The highest BCUT2D eigenvalue weighted by atomic mass is 28.4. The fraction of sp³-hybridized carbons (Fsp3) is 0.652. The first-order valence-corrected chi connectivity index (χ1v) is 14.3. The van der Waals surface area contributed by atoms with E-state index in [1.165, 1.54) is 24.0 Å². The number of cyclic esters (lactones) is 1. The molecule has 0 aromatic heterocycles. The molecule has 1 aromatic rings. The molecule has 2 amide bonds. The van der Waals surface area contributed by atoms with E-state index in [-0.39, 0.29) is 53.4 Å². The molecule has 33 heavy (non-hydrogen) atoms. The maximum Gasteiger partial charge on any atom is 0.414 e. The third-order valence-electron chi connectivity index (χ3n) is 7.50. The molecule has 2 heterocycles. The predicted molar refractivity (Wildman–Crippen MR) is 124 cm³/mol. The van der Waals surface area contributed by atoms with Crippen LogP contribution in [0.25, 0.3) is 0 Å². The van der Waals surface area contributed by atoms with E-state index in [1.54, 1.807) is 4.90 Å². The number of nitrogens with zero attached hydrogens (tertiary/aromatic N) is 2. The quantitative estimate of drug-likeness (QED) is 0.625. The fourth-order valence-corrected chi connectivity index (χ4v) is 5.91. The molecule has 3 aliphatic rings. The number of amides is 2. The van der Waals surface area contributed by atoms with Crippen LogP contribution in [0.1, 0.15) is 27.7 Å². The number of carbonyl (C=O) groups excluding carboxylic acids is 2. The van der Waals surface area contributed by atoms with Gasteiger partial charge in [0.15, 0.2) is 20.0 Å². The molecule has 3 fully saturated rings. The molecule has 1 aromatic carbocycles. The van der Waals surface area contributed by atoms with Crippen molar-refractivity contribution in [1.82, 2.24) is 5.32 Å². The van der Waals surface area contributed by atoms with Crippen molar-refractivity contribution in [3.63, 3.8) is 0 Å². The molecule has 182 valence electrons. The van der Waals surface area contributed by atoms with E-state index >= 15 is 8.78 Å². The predicted octanol–water partition coefficient (Wildman–Crippen LogP) is 3.88. The second-order valence-electron chi connectivity index (χ2n) is 10.9. The molecular formula is C23H33F2N3O4Si. The smallest absolute Gasteiger partial charge is 0.414 e. The Bertz CT molecular complexity index is 933. The summed E-state index contributed by atoms with van der Waals surface area (Å²) in [4.78, 5) is 26.3. The Labute approximate surface area is 194 Å². The minimum Gasteiger partial charge on any atom is -0.447 e. The first-order chi connectivity index (χ1) is 15.3. The lowest BCUT2D eigenvalue weighted by atomic mass is 10.2. The van der Waals surface area contributed by atoms with Crippen molar-refractivity contribution in [2.24, 2.45) is 11.8 Å². The summed E-state index contributed by atoms with van der Waals surface area (Å²) in [5, 5.41) is 2.73. The van der Waals surface area contributed by atoms with Gasteiger partial charge < -0.3 is 19.4 Å². The summed E-state index contributed by atoms with van der Waals surface area (Å²) < 4.78 is 41.7. The summed E-state index contributed by atoms with van der Waals surface area (Å²) in [6.45, 7) is 13.7. The van der Waals surface area contributed by atoms with Crippen LogP contribution in [0.2, 0.25) is 18.1 Å². The number of hydrogen-bond donors (Lipinski definition) is 1. The first-order valence-electron chi connectivity index (χ1n) is 11.4. The summed E-state index contributed by atoms with van der Waals surface area (Å²) in [6.07, 6.45) is -0.522. The standard InChI is InChI=1S/C23H33F2N3O4Si/c1-13(29)26-9-15-12-31-22(30)28(15)14-7-18(24)20(19(25)8-14)27-10-16-17(11-27)21(16)32-33(5,6)23(2,3)4/h7-8,15-17,21H,9-12H2,1-6H3,(H,26,29)/t15?,16-,17+,21?. The Morgan fingerprint density at radius 3 is 2.30 bits per heavy atom. The Morgan fingerprint density at radius 1 is 1.21 bits per heavy atom. The largest absolute Gasteiger partial charge is 0.447 e. The SMILES string of the molecule is CC(=O)NCC1COC(=O)N1c1cc(F)c(N2C[C@@H]3C(O[Si](C)(C)C(C)(C)C)[C@@H]3C2)c(F)c1. The van der Waals surface area contributed by atoms with Gasteiger partial charge in [-0.15, -0.1) is 0 Å². The maximum absolute atomic E-state index is 15.1. The van der Waals surface area contributed by atoms with Gasteiger partial charge in [0.25, 0.3) is 0 Å². The number of nitrogens with one attached hydrogen (secondary N) is 1. The Hall–Kier alpha value is -2.20. The lowest BCUT2D eigenvalue weighted by Crippen LogP contribution is -2.43. The van der Waals surface area contributed by atoms with Crippen molar-refractivity contribution >= 4 is 31.7 Å². The number of fused-ring (bicyclic) bond motifs is 1. The molecular weight excluding hydrogens is 448 g/mol. The monoisotopic (exact) mass is 481 g/mol. The van der Waals surface area contributed by atoms with Crippen molar-refractivity contribution in [1.29, 1.82) is 0 Å². The molecule has 1 saturated carbocycles. The van der Waals surface area contributed by atoms with Crippen molar-refractivity contribution in [2.45, 2.75) is 58.0 Å². The second kappa shape index (κ2) is 8.23. The number of halogens is 2. The van der Waals surface area contributed by atoms with E-state index in [9.17, 15) is 9.59 Å². The third kappa shape index (κ3) is 4.47. The average Bonchev–Trinajstić information content (AvgIpc) is 3.03. The third-order valence-corrected chi connectivity index (χ3v) is 12.0. The van der Waals surface area contributed by atoms with Crippen LogP contribution in [0.5, 0.6) is 0 Å². The van der Waals surface area contributed by atoms with Crippen molar-refractivity contribution < 1.29 is 27.5 Å². The van der Waals surface area contributed by atoms with Gasteiger partial charge in [-0.05, 0) is 18.1 Å². The molecule has 0 spiro atoms. The van der Waals surface area contributed by atoms with Crippen LogP contribution in [0, 0.1) is 23.5 Å². The van der Waals surface area contributed by atoms with Gasteiger partial charge in [-0.2, -0.15) is 0 Å². The van der Waals surface area contributed by atoms with Crippen LogP contribution in [0.15, 0.2) is 12.1 Å². The first kappa shape index (κ1) is 23.9. The highest BCUT2D eigenvalue weighted by molar-refractivity contribution is 6.74. The number of ether oxygens (including phenoxy) is 1. The van der Waals surface area contributed by atoms with E-state index in [0.29, 0.717) is 13.1 Å². The lowest BCUT2D eigenvalue weighted by molar-refractivity contribution is -0.119. The molecule has 4 atom stereocenters. The Kier molecular flexibility index (Phi) is 5.97. The van der Waals surface area contributed by atoms with Gasteiger partial charge in [0.2, 0.25) is 5.91 Å². The fourth-order valence-electron chi connectivity index (χ4n) is 4.53. The van der Waals surface area contributed by atoms with Crippen LogP contribution in [0.3, 0.4) is 0 Å². The van der Waals surface area contributed by atoms with Crippen LogP contribution >= 0.6 is 0 Å². The number of hydrogen-bond acceptors (Lipinski definition) is 5. The molecule has 0 bridgehead atoms. The second-order valence-corrected chi connectivity index (χ2v) is 15.6. The van der Waals surface area contributed by atoms with E-state index in [4.69, 9.17) is 9.16 Å². The number of benzene rings is 1. The molecule has 10 heteroatoms. The van der Waals surface area contributed by atoms with Crippen LogP contribution in [-0.2, 0) is 14.0 Å². The number of piperidine rings is 1. The van der Waals surface area contributed by atoms with Crippen LogP contribution in [-0.4, -0.2) is 58.7 Å². The molecule has 0 radical (unpaired) electrons. The summed E-state index contributed by atoms with van der Waals surface area (Å²) in [7, 11) is -1.89. The van der Waals surface area contributed by atoms with Crippen molar-refractivity contribution in [2.75, 3.05) is 36.0 Å². The minimum absolute atomic E-state index is 0.0369. The zero-order chi connectivity index (χ0) is 24.3.